The first kappa shape index (κ1) is 28.2. The summed E-state index contributed by atoms with van der Waals surface area (Å²) in [6.45, 7) is 1.82. The highest BCUT2D eigenvalue weighted by Crippen LogP contribution is 2.29. The monoisotopic (exact) mass is 539 g/mol. The van der Waals surface area contributed by atoms with Crippen molar-refractivity contribution < 1.29 is 19.0 Å². The van der Waals surface area contributed by atoms with E-state index in [9.17, 15) is 10.1 Å². The number of ether oxygens (including phenoxy) is 3. The standard InChI is InChI=1S/C31H33N5O4/c1-36(2)11-6-12-40-26-8-5-7-22(15-26)24-16-27-25(20-34-30(27)33-19-24)14-23(17-32)31(37)35-18-21-9-10-28(38-3)29(13-21)39-4/h5,7-10,13-16,19-20H,6,11-12,18H2,1-4H3,(H,33,34)(H,35,37)/b23-14+. The second-order valence-corrected chi connectivity index (χ2v) is 9.44. The number of hydrogen-bond acceptors (Lipinski definition) is 7. The minimum atomic E-state index is -0.477. The van der Waals surface area contributed by atoms with Gasteiger partial charge in [-0.2, -0.15) is 5.26 Å². The number of pyridine rings is 1. The van der Waals surface area contributed by atoms with Gasteiger partial charge in [0.1, 0.15) is 23.0 Å². The Labute approximate surface area is 234 Å². The zero-order valence-corrected chi connectivity index (χ0v) is 23.2. The molecule has 1 amide bonds. The number of aromatic amines is 1. The summed E-state index contributed by atoms with van der Waals surface area (Å²) < 4.78 is 16.5. The van der Waals surface area contributed by atoms with Gasteiger partial charge in [-0.25, -0.2) is 4.98 Å². The van der Waals surface area contributed by atoms with Crippen molar-refractivity contribution in [2.24, 2.45) is 0 Å². The molecule has 0 aliphatic heterocycles. The number of rotatable bonds is 12. The van der Waals surface area contributed by atoms with Gasteiger partial charge in [0.15, 0.2) is 11.5 Å². The van der Waals surface area contributed by atoms with Crippen LogP contribution in [0.4, 0.5) is 0 Å². The van der Waals surface area contributed by atoms with E-state index < -0.39 is 5.91 Å². The molecule has 2 aromatic heterocycles. The number of nitrogens with one attached hydrogen (secondary N) is 2. The number of carbonyl (C=O) groups is 1. The van der Waals surface area contributed by atoms with E-state index in [1.54, 1.807) is 44.8 Å². The highest BCUT2D eigenvalue weighted by Gasteiger charge is 2.13. The highest BCUT2D eigenvalue weighted by molar-refractivity contribution is 6.04. The fourth-order valence-corrected chi connectivity index (χ4v) is 4.21. The van der Waals surface area contributed by atoms with E-state index in [4.69, 9.17) is 14.2 Å². The van der Waals surface area contributed by atoms with Crippen molar-refractivity contribution in [3.63, 3.8) is 0 Å². The number of amides is 1. The van der Waals surface area contributed by atoms with E-state index in [0.717, 1.165) is 40.8 Å². The van der Waals surface area contributed by atoms with Gasteiger partial charge in [-0.1, -0.05) is 18.2 Å². The molecular formula is C31H33N5O4. The van der Waals surface area contributed by atoms with Crippen molar-refractivity contribution in [2.75, 3.05) is 41.5 Å². The van der Waals surface area contributed by atoms with E-state index in [1.807, 2.05) is 56.6 Å². The Morgan fingerprint density at radius 2 is 1.93 bits per heavy atom. The van der Waals surface area contributed by atoms with Crippen molar-refractivity contribution >= 4 is 23.0 Å². The molecule has 0 saturated heterocycles. The molecule has 40 heavy (non-hydrogen) atoms. The molecule has 2 aromatic carbocycles. The summed E-state index contributed by atoms with van der Waals surface area (Å²) in [5.41, 5.74) is 4.01. The van der Waals surface area contributed by atoms with Gasteiger partial charge in [0, 0.05) is 42.0 Å². The molecule has 9 heteroatoms. The third-order valence-electron chi connectivity index (χ3n) is 6.31. The Morgan fingerprint density at radius 1 is 1.10 bits per heavy atom. The van der Waals surface area contributed by atoms with Gasteiger partial charge in [-0.05, 0) is 68.1 Å². The molecule has 0 fully saturated rings. The van der Waals surface area contributed by atoms with Crippen LogP contribution in [0.1, 0.15) is 17.5 Å². The van der Waals surface area contributed by atoms with Gasteiger partial charge in [-0.3, -0.25) is 4.79 Å². The Kier molecular flexibility index (Phi) is 9.39. The minimum Gasteiger partial charge on any atom is -0.494 e. The minimum absolute atomic E-state index is 0.0140. The first-order chi connectivity index (χ1) is 19.4. The molecule has 0 aliphatic carbocycles. The third kappa shape index (κ3) is 6.98. The molecule has 2 heterocycles. The van der Waals surface area contributed by atoms with Gasteiger partial charge in [0.25, 0.3) is 5.91 Å². The molecule has 0 bridgehead atoms. The van der Waals surface area contributed by atoms with Crippen LogP contribution in [0.25, 0.3) is 28.2 Å². The van der Waals surface area contributed by atoms with Crippen LogP contribution < -0.4 is 19.5 Å². The van der Waals surface area contributed by atoms with Gasteiger partial charge < -0.3 is 29.4 Å². The Hall–Kier alpha value is -4.81. The number of fused-ring (bicyclic) bond motifs is 1. The summed E-state index contributed by atoms with van der Waals surface area (Å²) in [4.78, 5) is 22.7. The summed E-state index contributed by atoms with van der Waals surface area (Å²) in [7, 11) is 7.20. The van der Waals surface area contributed by atoms with E-state index in [0.29, 0.717) is 29.3 Å². The number of nitrogens with zero attached hydrogens (tertiary/aromatic N) is 3. The molecule has 0 saturated carbocycles. The number of aromatic nitrogens is 2. The van der Waals surface area contributed by atoms with Crippen LogP contribution in [-0.4, -0.2) is 62.2 Å². The molecule has 2 N–H and O–H groups in total. The maximum absolute atomic E-state index is 12.9. The van der Waals surface area contributed by atoms with Gasteiger partial charge >= 0.3 is 0 Å². The molecule has 4 rings (SSSR count). The van der Waals surface area contributed by atoms with Gasteiger partial charge in [0.2, 0.25) is 0 Å². The third-order valence-corrected chi connectivity index (χ3v) is 6.31. The quantitative estimate of drug-likeness (QED) is 0.151. The molecular weight excluding hydrogens is 506 g/mol. The fourth-order valence-electron chi connectivity index (χ4n) is 4.21. The lowest BCUT2D eigenvalue weighted by Crippen LogP contribution is -2.24. The lowest BCUT2D eigenvalue weighted by atomic mass is 10.0. The average molecular weight is 540 g/mol. The van der Waals surface area contributed by atoms with Crippen molar-refractivity contribution in [3.8, 4) is 34.4 Å². The summed E-state index contributed by atoms with van der Waals surface area (Å²) in [5, 5.41) is 13.3. The largest absolute Gasteiger partial charge is 0.494 e. The van der Waals surface area contributed by atoms with Crippen LogP contribution in [0.5, 0.6) is 17.2 Å². The molecule has 0 aliphatic rings. The Morgan fingerprint density at radius 3 is 2.67 bits per heavy atom. The predicted molar refractivity (Wildman–Crippen MR) is 155 cm³/mol. The summed E-state index contributed by atoms with van der Waals surface area (Å²) in [6, 6.07) is 17.3. The van der Waals surface area contributed by atoms with Gasteiger partial charge in [-0.15, -0.1) is 0 Å². The lowest BCUT2D eigenvalue weighted by molar-refractivity contribution is -0.117. The molecule has 9 nitrogen and oxygen atoms in total. The maximum Gasteiger partial charge on any atom is 0.262 e. The fraction of sp³-hybridized carbons (Fsp3) is 0.258. The van der Waals surface area contributed by atoms with Gasteiger partial charge in [0.05, 0.1) is 20.8 Å². The number of benzene rings is 2. The second-order valence-electron chi connectivity index (χ2n) is 9.44. The molecule has 206 valence electrons. The smallest absolute Gasteiger partial charge is 0.262 e. The first-order valence-electron chi connectivity index (χ1n) is 12.9. The maximum atomic E-state index is 12.9. The molecule has 0 atom stereocenters. The molecule has 0 unspecified atom stereocenters. The summed E-state index contributed by atoms with van der Waals surface area (Å²) in [5.74, 6) is 1.48. The Bertz CT molecular complexity index is 1550. The van der Waals surface area contributed by atoms with Crippen molar-refractivity contribution in [1.29, 1.82) is 5.26 Å². The SMILES string of the molecule is COc1ccc(CNC(=O)/C(C#N)=C/c2c[nH]c3ncc(-c4cccc(OCCCN(C)C)c4)cc23)cc1OC. The number of carbonyl (C=O) groups excluding carboxylic acids is 1. The average Bonchev–Trinajstić information content (AvgIpc) is 3.38. The van der Waals surface area contributed by atoms with Crippen molar-refractivity contribution in [3.05, 3.63) is 77.6 Å². The second kappa shape index (κ2) is 13.3. The highest BCUT2D eigenvalue weighted by atomic mass is 16.5. The normalized spacial score (nSPS) is 11.3. The van der Waals surface area contributed by atoms with Crippen LogP contribution in [0.2, 0.25) is 0 Å². The molecule has 0 radical (unpaired) electrons. The number of nitriles is 1. The number of H-pyrrole nitrogens is 1. The van der Waals surface area contributed by atoms with Crippen LogP contribution in [0, 0.1) is 11.3 Å². The topological polar surface area (TPSA) is 112 Å². The van der Waals surface area contributed by atoms with Crippen LogP contribution in [0.15, 0.2) is 66.5 Å². The summed E-state index contributed by atoms with van der Waals surface area (Å²) >= 11 is 0. The lowest BCUT2D eigenvalue weighted by Gasteiger charge is -2.11. The van der Waals surface area contributed by atoms with E-state index in [2.05, 4.69) is 20.2 Å². The Balaban J connectivity index is 1.50. The van der Waals surface area contributed by atoms with Crippen LogP contribution in [-0.2, 0) is 11.3 Å². The predicted octanol–water partition coefficient (Wildman–Crippen LogP) is 4.80. The molecule has 4 aromatic rings. The van der Waals surface area contributed by atoms with Crippen molar-refractivity contribution in [2.45, 2.75) is 13.0 Å². The van der Waals surface area contributed by atoms with E-state index in [1.165, 1.54) is 0 Å². The number of methoxy groups -OCH3 is 2. The number of hydrogen-bond donors (Lipinski definition) is 2. The molecule has 0 spiro atoms. The zero-order chi connectivity index (χ0) is 28.5. The van der Waals surface area contributed by atoms with Crippen LogP contribution >= 0.6 is 0 Å². The summed E-state index contributed by atoms with van der Waals surface area (Å²) in [6.07, 6.45) is 6.04. The van der Waals surface area contributed by atoms with E-state index >= 15 is 0 Å². The zero-order valence-electron chi connectivity index (χ0n) is 23.2. The first-order valence-corrected chi connectivity index (χ1v) is 12.9. The van der Waals surface area contributed by atoms with Crippen molar-refractivity contribution in [1.82, 2.24) is 20.2 Å². The van der Waals surface area contributed by atoms with Crippen LogP contribution in [0.3, 0.4) is 0 Å². The van der Waals surface area contributed by atoms with E-state index in [-0.39, 0.29) is 12.1 Å².